The Morgan fingerprint density at radius 1 is 0.837 bits per heavy atom. The van der Waals surface area contributed by atoms with E-state index in [4.69, 9.17) is 4.98 Å². The highest BCUT2D eigenvalue weighted by Gasteiger charge is 2.23. The van der Waals surface area contributed by atoms with Crippen molar-refractivity contribution in [1.29, 1.82) is 0 Å². The molecular weight excluding hydrogens is 554 g/mol. The zero-order valence-corrected chi connectivity index (χ0v) is 24.4. The van der Waals surface area contributed by atoms with Crippen LogP contribution in [0.25, 0.3) is 44.2 Å². The van der Waals surface area contributed by atoms with Gasteiger partial charge in [-0.25, -0.2) is 13.4 Å². The molecule has 0 unspecified atom stereocenters. The van der Waals surface area contributed by atoms with Crippen LogP contribution in [0.4, 0.5) is 5.69 Å². The van der Waals surface area contributed by atoms with Gasteiger partial charge in [-0.05, 0) is 65.9 Å². The molecule has 0 bridgehead atoms. The van der Waals surface area contributed by atoms with E-state index in [2.05, 4.69) is 22.4 Å². The predicted octanol–water partition coefficient (Wildman–Crippen LogP) is 8.15. The summed E-state index contributed by atoms with van der Waals surface area (Å²) in [6.07, 6.45) is 6.04. The van der Waals surface area contributed by atoms with Crippen LogP contribution < -0.4 is 5.32 Å². The summed E-state index contributed by atoms with van der Waals surface area (Å²) in [5.41, 5.74) is 7.11. The second-order valence-corrected chi connectivity index (χ2v) is 13.3. The number of hydrogen-bond donors (Lipinski definition) is 2. The first-order valence-electron chi connectivity index (χ1n) is 14.6. The van der Waals surface area contributed by atoms with Crippen LogP contribution in [0.15, 0.2) is 114 Å². The van der Waals surface area contributed by atoms with E-state index in [1.54, 1.807) is 24.3 Å². The molecule has 7 rings (SSSR count). The number of aromatic nitrogens is 2. The van der Waals surface area contributed by atoms with Gasteiger partial charge in [0.2, 0.25) is 5.91 Å². The number of fused-ring (bicyclic) bond motifs is 3. The molecule has 7 heteroatoms. The molecule has 0 atom stereocenters. The molecule has 0 spiro atoms. The number of hydrogen-bond acceptors (Lipinski definition) is 4. The van der Waals surface area contributed by atoms with Gasteiger partial charge in [-0.15, -0.1) is 0 Å². The number of nitrogens with one attached hydrogen (secondary N) is 2. The number of amides is 1. The summed E-state index contributed by atoms with van der Waals surface area (Å²) in [6.45, 7) is 0. The lowest BCUT2D eigenvalue weighted by Gasteiger charge is -2.14. The number of carbonyl (C=O) groups is 1. The minimum absolute atomic E-state index is 0.0958. The molecule has 6 aromatic rings. The van der Waals surface area contributed by atoms with Crippen LogP contribution in [0.3, 0.4) is 0 Å². The number of carbonyl (C=O) groups excluding carboxylic acids is 1. The molecule has 2 N–H and O–H groups in total. The molecule has 43 heavy (non-hydrogen) atoms. The lowest BCUT2D eigenvalue weighted by Crippen LogP contribution is -2.20. The normalized spacial score (nSPS) is 14.0. The largest absolute Gasteiger partial charge is 0.339 e. The van der Waals surface area contributed by atoms with Crippen molar-refractivity contribution in [2.24, 2.45) is 5.92 Å². The van der Waals surface area contributed by atoms with Gasteiger partial charge in [-0.2, -0.15) is 0 Å². The van der Waals surface area contributed by atoms with Gasteiger partial charge in [0, 0.05) is 45.2 Å². The Hall–Kier alpha value is -4.75. The van der Waals surface area contributed by atoms with Crippen LogP contribution in [-0.4, -0.2) is 24.3 Å². The molecule has 0 aliphatic heterocycles. The average Bonchev–Trinajstić information content (AvgIpc) is 3.71. The fourth-order valence-electron chi connectivity index (χ4n) is 6.21. The first-order chi connectivity index (χ1) is 21.0. The molecule has 1 aliphatic rings. The lowest BCUT2D eigenvalue weighted by atomic mass is 9.92. The Balaban J connectivity index is 1.32. The number of anilines is 1. The highest BCUT2D eigenvalue weighted by Crippen LogP contribution is 2.41. The minimum Gasteiger partial charge on any atom is -0.339 e. The maximum Gasteiger partial charge on any atom is 0.227 e. The Kier molecular flexibility index (Phi) is 7.03. The van der Waals surface area contributed by atoms with Crippen LogP contribution in [0.1, 0.15) is 31.2 Å². The van der Waals surface area contributed by atoms with E-state index in [0.29, 0.717) is 10.5 Å². The highest BCUT2D eigenvalue weighted by molar-refractivity contribution is 7.90. The predicted molar refractivity (Wildman–Crippen MR) is 172 cm³/mol. The summed E-state index contributed by atoms with van der Waals surface area (Å²) < 4.78 is 26.4. The van der Waals surface area contributed by atoms with Gasteiger partial charge in [0.05, 0.1) is 10.6 Å². The molecular formula is C36H31N3O3S. The van der Waals surface area contributed by atoms with E-state index in [1.165, 1.54) is 0 Å². The molecule has 214 valence electrons. The first kappa shape index (κ1) is 27.1. The van der Waals surface area contributed by atoms with Crippen molar-refractivity contribution < 1.29 is 13.2 Å². The van der Waals surface area contributed by atoms with E-state index in [0.717, 1.165) is 75.6 Å². The van der Waals surface area contributed by atoms with Crippen molar-refractivity contribution >= 4 is 43.4 Å². The van der Waals surface area contributed by atoms with Crippen molar-refractivity contribution in [3.8, 4) is 22.3 Å². The van der Waals surface area contributed by atoms with Crippen molar-refractivity contribution in [2.75, 3.05) is 5.32 Å². The molecule has 1 aliphatic carbocycles. The summed E-state index contributed by atoms with van der Waals surface area (Å²) in [5, 5.41) is 4.95. The van der Waals surface area contributed by atoms with Crippen LogP contribution >= 0.6 is 0 Å². The van der Waals surface area contributed by atoms with E-state index in [-0.39, 0.29) is 17.6 Å². The molecule has 1 fully saturated rings. The van der Waals surface area contributed by atoms with Gasteiger partial charge in [0.15, 0.2) is 9.84 Å². The zero-order valence-electron chi connectivity index (χ0n) is 23.6. The lowest BCUT2D eigenvalue weighted by molar-refractivity contribution is -0.119. The molecule has 2 heterocycles. The second kappa shape index (κ2) is 11.2. The van der Waals surface area contributed by atoms with Crippen LogP contribution in [-0.2, 0) is 20.4 Å². The molecule has 6 nitrogen and oxygen atoms in total. The number of aromatic amines is 1. The van der Waals surface area contributed by atoms with Gasteiger partial charge in [0.25, 0.3) is 0 Å². The molecule has 1 amide bonds. The molecule has 0 saturated heterocycles. The number of pyridine rings is 1. The SMILES string of the molecule is O=C(Nc1ccc(-c2cnc3[nH]c4ccc(CS(=O)(=O)c5ccccc5)cc4c3c2-c2ccccc2)cc1)C1CCCC1. The Labute approximate surface area is 250 Å². The monoisotopic (exact) mass is 585 g/mol. The van der Waals surface area contributed by atoms with E-state index in [9.17, 15) is 13.2 Å². The Bertz CT molecular complexity index is 2050. The molecule has 1 saturated carbocycles. The minimum atomic E-state index is -3.51. The van der Waals surface area contributed by atoms with Gasteiger partial charge >= 0.3 is 0 Å². The topological polar surface area (TPSA) is 91.9 Å². The van der Waals surface area contributed by atoms with Crippen LogP contribution in [0, 0.1) is 5.92 Å². The fourth-order valence-corrected chi connectivity index (χ4v) is 7.57. The Morgan fingerprint density at radius 2 is 1.53 bits per heavy atom. The summed E-state index contributed by atoms with van der Waals surface area (Å²) in [4.78, 5) is 21.2. The van der Waals surface area contributed by atoms with Crippen molar-refractivity contribution in [2.45, 2.75) is 36.3 Å². The van der Waals surface area contributed by atoms with E-state index in [1.807, 2.05) is 72.9 Å². The summed E-state index contributed by atoms with van der Waals surface area (Å²) in [5.74, 6) is 0.106. The standard InChI is InChI=1S/C36H31N3O3S/c40-36(27-11-7-8-12-27)38-28-18-16-25(17-19-28)31-22-37-35-34(33(31)26-9-3-1-4-10-26)30-21-24(15-20-32(30)39-35)23-43(41,42)29-13-5-2-6-14-29/h1-6,9-10,13-22,27H,7-8,11-12,23H2,(H,37,39)(H,38,40). The summed E-state index contributed by atoms with van der Waals surface area (Å²) in [7, 11) is -3.51. The zero-order chi connectivity index (χ0) is 29.4. The van der Waals surface area contributed by atoms with Crippen molar-refractivity contribution in [1.82, 2.24) is 9.97 Å². The maximum atomic E-state index is 13.2. The number of benzene rings is 4. The van der Waals surface area contributed by atoms with Gasteiger partial charge in [-0.1, -0.05) is 79.6 Å². The summed E-state index contributed by atoms with van der Waals surface area (Å²) >= 11 is 0. The molecule has 2 aromatic heterocycles. The molecule has 4 aromatic carbocycles. The van der Waals surface area contributed by atoms with Crippen LogP contribution in [0.5, 0.6) is 0 Å². The number of sulfone groups is 1. The van der Waals surface area contributed by atoms with E-state index >= 15 is 0 Å². The average molecular weight is 586 g/mol. The van der Waals surface area contributed by atoms with Gasteiger partial charge in [0.1, 0.15) is 5.65 Å². The quantitative estimate of drug-likeness (QED) is 0.198. The highest BCUT2D eigenvalue weighted by atomic mass is 32.2. The third-order valence-electron chi connectivity index (χ3n) is 8.40. The second-order valence-electron chi connectivity index (χ2n) is 11.3. The van der Waals surface area contributed by atoms with Gasteiger partial charge in [-0.3, -0.25) is 4.79 Å². The first-order valence-corrected chi connectivity index (χ1v) is 16.3. The van der Waals surface area contributed by atoms with Crippen molar-refractivity contribution in [3.05, 3.63) is 115 Å². The number of rotatable bonds is 7. The fraction of sp³-hybridized carbons (Fsp3) is 0.167. The van der Waals surface area contributed by atoms with E-state index < -0.39 is 9.84 Å². The molecule has 0 radical (unpaired) electrons. The number of nitrogens with zero attached hydrogens (tertiary/aromatic N) is 1. The third kappa shape index (κ3) is 5.32. The number of H-pyrrole nitrogens is 1. The Morgan fingerprint density at radius 3 is 2.26 bits per heavy atom. The smallest absolute Gasteiger partial charge is 0.227 e. The van der Waals surface area contributed by atoms with Gasteiger partial charge < -0.3 is 10.3 Å². The summed E-state index contributed by atoms with van der Waals surface area (Å²) in [6, 6.07) is 32.4. The van der Waals surface area contributed by atoms with Crippen LogP contribution in [0.2, 0.25) is 0 Å². The van der Waals surface area contributed by atoms with Crippen molar-refractivity contribution in [3.63, 3.8) is 0 Å². The maximum absolute atomic E-state index is 13.2. The third-order valence-corrected chi connectivity index (χ3v) is 10.1.